The summed E-state index contributed by atoms with van der Waals surface area (Å²) in [5.74, 6) is -0.848. The summed E-state index contributed by atoms with van der Waals surface area (Å²) in [6, 6.07) is 0. The van der Waals surface area contributed by atoms with Gasteiger partial charge in [0.25, 0.3) is 0 Å². The summed E-state index contributed by atoms with van der Waals surface area (Å²) in [6.07, 6.45) is 8.87. The number of Topliss-reactive ketones (excluding diaryl/α,β-unsaturated/α-hetero) is 1. The van der Waals surface area contributed by atoms with Crippen molar-refractivity contribution in [1.82, 2.24) is 0 Å². The molecular formula is C27H37ClO5. The molecule has 0 aromatic heterocycles. The van der Waals surface area contributed by atoms with Crippen LogP contribution in [0.3, 0.4) is 0 Å². The number of halogens is 1. The van der Waals surface area contributed by atoms with E-state index in [2.05, 4.69) is 0 Å². The van der Waals surface area contributed by atoms with Crippen LogP contribution in [0.1, 0.15) is 79.6 Å². The Kier molecular flexibility index (Phi) is 6.01. The van der Waals surface area contributed by atoms with Gasteiger partial charge in [-0.1, -0.05) is 45.8 Å². The molecule has 0 aliphatic heterocycles. The second-order valence-electron chi connectivity index (χ2n) is 11.3. The van der Waals surface area contributed by atoms with Gasteiger partial charge in [0.15, 0.2) is 11.6 Å². The number of rotatable bonds is 5. The fourth-order valence-electron chi connectivity index (χ4n) is 7.93. The molecule has 4 aliphatic carbocycles. The molecule has 0 spiro atoms. The smallest absolute Gasteiger partial charge is 0.306 e. The summed E-state index contributed by atoms with van der Waals surface area (Å²) in [5.41, 5.74) is -1.91. The molecular weight excluding hydrogens is 440 g/mol. The van der Waals surface area contributed by atoms with Crippen molar-refractivity contribution in [2.75, 3.05) is 0 Å². The highest BCUT2D eigenvalue weighted by atomic mass is 35.5. The van der Waals surface area contributed by atoms with E-state index in [0.717, 1.165) is 31.3 Å². The SMILES string of the molecule is CCCCC(=O)OC1C[C@@]2(C)[C@@H](CC(C)[C@]2(O)C(C)=O)[C@@H]2CCC3=CC(=O)C=C[C@]3(C)[C@@]12Cl. The number of unbranched alkanes of at least 4 members (excludes halogenated alkanes) is 1. The van der Waals surface area contributed by atoms with Gasteiger partial charge in [0.2, 0.25) is 0 Å². The Morgan fingerprint density at radius 3 is 2.61 bits per heavy atom. The lowest BCUT2D eigenvalue weighted by Crippen LogP contribution is -2.69. The lowest BCUT2D eigenvalue weighted by molar-refractivity contribution is -0.188. The van der Waals surface area contributed by atoms with Gasteiger partial charge in [0.1, 0.15) is 11.7 Å². The van der Waals surface area contributed by atoms with Crippen LogP contribution < -0.4 is 0 Å². The first-order valence-corrected chi connectivity index (χ1v) is 12.8. The third kappa shape index (κ3) is 3.17. The van der Waals surface area contributed by atoms with Crippen LogP contribution in [0.2, 0.25) is 0 Å². The van der Waals surface area contributed by atoms with Gasteiger partial charge < -0.3 is 9.84 Å². The quantitative estimate of drug-likeness (QED) is 0.449. The zero-order chi connectivity index (χ0) is 24.4. The summed E-state index contributed by atoms with van der Waals surface area (Å²) < 4.78 is 6.15. The largest absolute Gasteiger partial charge is 0.460 e. The highest BCUT2D eigenvalue weighted by molar-refractivity contribution is 6.26. The molecule has 0 saturated heterocycles. The molecule has 0 heterocycles. The van der Waals surface area contributed by atoms with E-state index in [4.69, 9.17) is 16.3 Å². The molecule has 0 amide bonds. The summed E-state index contributed by atoms with van der Waals surface area (Å²) in [4.78, 5) is 36.9. The van der Waals surface area contributed by atoms with Gasteiger partial charge >= 0.3 is 5.97 Å². The molecule has 33 heavy (non-hydrogen) atoms. The maximum Gasteiger partial charge on any atom is 0.306 e. The standard InChI is InChI=1S/C27H37ClO5/c1-6-7-8-23(31)33-22-15-25(5)21(13-16(2)27(25,32)17(3)29)20-10-9-18-14-19(30)11-12-24(18,4)26(20,22)28/h11-12,14,16,20-22,32H,6-10,13,15H2,1-5H3/t16?,20-,21-,22?,24-,25-,26-,27-/m0/s1. The van der Waals surface area contributed by atoms with Crippen molar-refractivity contribution in [3.63, 3.8) is 0 Å². The normalized spacial score (nSPS) is 46.2. The molecule has 0 radical (unpaired) electrons. The molecule has 4 rings (SSSR count). The molecule has 3 saturated carbocycles. The molecule has 0 bridgehead atoms. The average Bonchev–Trinajstić information content (AvgIpc) is 2.95. The predicted octanol–water partition coefficient (Wildman–Crippen LogP) is 4.93. The Hall–Kier alpha value is -1.46. The van der Waals surface area contributed by atoms with E-state index < -0.39 is 27.4 Å². The Balaban J connectivity index is 1.84. The van der Waals surface area contributed by atoms with E-state index in [0.29, 0.717) is 19.3 Å². The first-order chi connectivity index (χ1) is 15.4. The number of fused-ring (bicyclic) bond motifs is 5. The Morgan fingerprint density at radius 2 is 1.97 bits per heavy atom. The van der Waals surface area contributed by atoms with E-state index in [1.807, 2.05) is 33.8 Å². The van der Waals surface area contributed by atoms with Crippen molar-refractivity contribution < 1.29 is 24.2 Å². The number of carbonyl (C=O) groups excluding carboxylic acids is 3. The summed E-state index contributed by atoms with van der Waals surface area (Å²) in [7, 11) is 0. The fraction of sp³-hybridized carbons (Fsp3) is 0.741. The van der Waals surface area contributed by atoms with Crippen LogP contribution in [0.15, 0.2) is 23.8 Å². The molecule has 182 valence electrons. The lowest BCUT2D eigenvalue weighted by atomic mass is 9.45. The predicted molar refractivity (Wildman–Crippen MR) is 127 cm³/mol. The number of ketones is 2. The number of hydrogen-bond donors (Lipinski definition) is 1. The second-order valence-corrected chi connectivity index (χ2v) is 11.9. The topological polar surface area (TPSA) is 80.7 Å². The molecule has 8 atom stereocenters. The van der Waals surface area contributed by atoms with E-state index in [9.17, 15) is 19.5 Å². The summed E-state index contributed by atoms with van der Waals surface area (Å²) in [5, 5.41) is 11.8. The molecule has 2 unspecified atom stereocenters. The number of ether oxygens (including phenoxy) is 1. The second kappa shape index (κ2) is 8.05. The lowest BCUT2D eigenvalue weighted by Gasteiger charge is -2.64. The van der Waals surface area contributed by atoms with Gasteiger partial charge in [0.05, 0.1) is 4.87 Å². The van der Waals surface area contributed by atoms with Gasteiger partial charge in [0, 0.05) is 17.3 Å². The van der Waals surface area contributed by atoms with E-state index in [-0.39, 0.29) is 35.3 Å². The minimum absolute atomic E-state index is 0.00824. The van der Waals surface area contributed by atoms with Crippen LogP contribution in [0.4, 0.5) is 0 Å². The Bertz CT molecular complexity index is 939. The molecule has 0 aromatic rings. The van der Waals surface area contributed by atoms with Crippen molar-refractivity contribution in [3.05, 3.63) is 23.8 Å². The van der Waals surface area contributed by atoms with Crippen LogP contribution in [0.5, 0.6) is 0 Å². The number of hydrogen-bond acceptors (Lipinski definition) is 5. The van der Waals surface area contributed by atoms with Gasteiger partial charge in [-0.2, -0.15) is 0 Å². The maximum atomic E-state index is 12.9. The maximum absolute atomic E-state index is 12.9. The van der Waals surface area contributed by atoms with E-state index in [1.54, 1.807) is 12.2 Å². The van der Waals surface area contributed by atoms with Crippen LogP contribution >= 0.6 is 11.6 Å². The first kappa shape index (κ1) is 24.7. The van der Waals surface area contributed by atoms with Gasteiger partial charge in [-0.25, -0.2) is 0 Å². The van der Waals surface area contributed by atoms with Crippen LogP contribution in [-0.2, 0) is 19.1 Å². The van der Waals surface area contributed by atoms with Crippen LogP contribution in [0.25, 0.3) is 0 Å². The van der Waals surface area contributed by atoms with Crippen LogP contribution in [-0.4, -0.2) is 39.2 Å². The highest BCUT2D eigenvalue weighted by Gasteiger charge is 2.75. The summed E-state index contributed by atoms with van der Waals surface area (Å²) >= 11 is 7.69. The first-order valence-electron chi connectivity index (χ1n) is 12.4. The fourth-order valence-corrected chi connectivity index (χ4v) is 8.49. The molecule has 6 heteroatoms. The Labute approximate surface area is 202 Å². The minimum Gasteiger partial charge on any atom is -0.460 e. The van der Waals surface area contributed by atoms with Crippen molar-refractivity contribution >= 4 is 29.1 Å². The third-order valence-electron chi connectivity index (χ3n) is 9.74. The molecule has 0 aromatic carbocycles. The van der Waals surface area contributed by atoms with Crippen molar-refractivity contribution in [3.8, 4) is 0 Å². The molecule has 5 nitrogen and oxygen atoms in total. The van der Waals surface area contributed by atoms with Gasteiger partial charge in [-0.15, -0.1) is 11.6 Å². The zero-order valence-electron chi connectivity index (χ0n) is 20.4. The van der Waals surface area contributed by atoms with E-state index >= 15 is 0 Å². The minimum atomic E-state index is -1.49. The van der Waals surface area contributed by atoms with Crippen molar-refractivity contribution in [2.45, 2.75) is 96.1 Å². The Morgan fingerprint density at radius 1 is 1.27 bits per heavy atom. The van der Waals surface area contributed by atoms with Gasteiger partial charge in [-0.05, 0) is 68.9 Å². The van der Waals surface area contributed by atoms with E-state index in [1.165, 1.54) is 6.92 Å². The van der Waals surface area contributed by atoms with Crippen molar-refractivity contribution in [2.24, 2.45) is 28.6 Å². The van der Waals surface area contributed by atoms with Crippen molar-refractivity contribution in [1.29, 1.82) is 0 Å². The third-order valence-corrected chi connectivity index (χ3v) is 10.7. The zero-order valence-corrected chi connectivity index (χ0v) is 21.2. The highest BCUT2D eigenvalue weighted by Crippen LogP contribution is 2.71. The number of aliphatic hydroxyl groups is 1. The average molecular weight is 477 g/mol. The molecule has 4 aliphatic rings. The monoisotopic (exact) mass is 476 g/mol. The molecule has 3 fully saturated rings. The summed E-state index contributed by atoms with van der Waals surface area (Å²) in [6.45, 7) is 9.46. The number of allylic oxidation sites excluding steroid dienone is 4. The number of carbonyl (C=O) groups is 3. The molecule has 1 N–H and O–H groups in total. The van der Waals surface area contributed by atoms with Gasteiger partial charge in [-0.3, -0.25) is 14.4 Å². The number of alkyl halides is 1. The number of esters is 1. The van der Waals surface area contributed by atoms with Crippen LogP contribution in [0, 0.1) is 28.6 Å².